The van der Waals surface area contributed by atoms with E-state index in [0.29, 0.717) is 17.7 Å². The summed E-state index contributed by atoms with van der Waals surface area (Å²) in [5.41, 5.74) is 6.25. The van der Waals surface area contributed by atoms with Gasteiger partial charge in [0, 0.05) is 31.5 Å². The van der Waals surface area contributed by atoms with Crippen molar-refractivity contribution in [2.45, 2.75) is 65.6 Å². The second-order valence-corrected chi connectivity index (χ2v) is 11.1. The number of urea groups is 1. The highest BCUT2D eigenvalue weighted by atomic mass is 16.6. The number of carbonyl (C=O) groups excluding carboxylic acids is 7. The molecule has 46 heavy (non-hydrogen) atoms. The molecule has 6 N–H and O–H groups in total. The van der Waals surface area contributed by atoms with E-state index in [4.69, 9.17) is 19.9 Å². The SMILES string of the molecule is CC(=O)OCc1ccc(NC(=O)[C@H](CCCNC(N)=O)NC(=O)[C@@H](NC(=O)OCCOCCN2C(=O)CC(C)C2=O)C(C)C)cc1. The summed E-state index contributed by atoms with van der Waals surface area (Å²) in [6.45, 7) is 6.71. The van der Waals surface area contributed by atoms with Gasteiger partial charge in [0.2, 0.25) is 23.6 Å². The number of primary amides is 1. The lowest BCUT2D eigenvalue weighted by Gasteiger charge is -2.25. The normalized spacial score (nSPS) is 15.6. The van der Waals surface area contributed by atoms with Crippen molar-refractivity contribution < 1.29 is 47.8 Å². The van der Waals surface area contributed by atoms with Crippen molar-refractivity contribution in [3.8, 4) is 0 Å². The summed E-state index contributed by atoms with van der Waals surface area (Å²) in [7, 11) is 0. The van der Waals surface area contributed by atoms with Crippen LogP contribution in [0.3, 0.4) is 0 Å². The lowest BCUT2D eigenvalue weighted by molar-refractivity contribution is -0.142. The van der Waals surface area contributed by atoms with Gasteiger partial charge in [-0.1, -0.05) is 32.9 Å². The molecule has 254 valence electrons. The average molecular weight is 649 g/mol. The van der Waals surface area contributed by atoms with Crippen LogP contribution in [-0.4, -0.2) is 91.6 Å². The Labute approximate surface area is 267 Å². The largest absolute Gasteiger partial charge is 0.461 e. The summed E-state index contributed by atoms with van der Waals surface area (Å²) >= 11 is 0. The zero-order valence-electron chi connectivity index (χ0n) is 26.6. The van der Waals surface area contributed by atoms with Gasteiger partial charge in [-0.2, -0.15) is 0 Å². The Hall–Kier alpha value is -4.73. The second-order valence-electron chi connectivity index (χ2n) is 11.1. The fourth-order valence-electron chi connectivity index (χ4n) is 4.38. The molecule has 1 aliphatic heterocycles. The van der Waals surface area contributed by atoms with E-state index < -0.39 is 42.0 Å². The van der Waals surface area contributed by atoms with Crippen LogP contribution in [0.5, 0.6) is 0 Å². The molecule has 2 rings (SSSR count). The molecule has 1 saturated heterocycles. The molecule has 0 aliphatic carbocycles. The fourth-order valence-corrected chi connectivity index (χ4v) is 4.38. The Morgan fingerprint density at radius 2 is 1.67 bits per heavy atom. The molecule has 7 amide bonds. The van der Waals surface area contributed by atoms with Crippen molar-refractivity contribution in [3.05, 3.63) is 29.8 Å². The molecule has 3 atom stereocenters. The molecule has 1 aromatic carbocycles. The first kappa shape index (κ1) is 37.5. The van der Waals surface area contributed by atoms with Gasteiger partial charge < -0.3 is 41.2 Å². The van der Waals surface area contributed by atoms with Crippen molar-refractivity contribution in [1.29, 1.82) is 0 Å². The number of likely N-dealkylation sites (tertiary alicyclic amines) is 1. The number of nitrogens with two attached hydrogens (primary N) is 1. The van der Waals surface area contributed by atoms with E-state index in [1.165, 1.54) is 6.92 Å². The summed E-state index contributed by atoms with van der Waals surface area (Å²) < 4.78 is 15.4. The third-order valence-electron chi connectivity index (χ3n) is 6.88. The molecule has 0 spiro atoms. The number of carbonyl (C=O) groups is 7. The second kappa shape index (κ2) is 18.9. The Morgan fingerprint density at radius 3 is 2.26 bits per heavy atom. The molecule has 16 nitrogen and oxygen atoms in total. The smallest absolute Gasteiger partial charge is 0.407 e. The van der Waals surface area contributed by atoms with Crippen molar-refractivity contribution in [2.24, 2.45) is 17.6 Å². The highest BCUT2D eigenvalue weighted by molar-refractivity contribution is 6.03. The van der Waals surface area contributed by atoms with Gasteiger partial charge in [-0.05, 0) is 36.5 Å². The molecular weight excluding hydrogens is 604 g/mol. The number of amides is 7. The minimum absolute atomic E-state index is 0.00402. The minimum atomic E-state index is -1.05. The Bertz CT molecular complexity index is 1240. The van der Waals surface area contributed by atoms with Gasteiger partial charge in [-0.3, -0.25) is 28.9 Å². The first-order valence-electron chi connectivity index (χ1n) is 15.0. The molecule has 0 aromatic heterocycles. The van der Waals surface area contributed by atoms with Crippen LogP contribution in [0.1, 0.15) is 52.5 Å². The number of nitrogens with one attached hydrogen (secondary N) is 4. The maximum atomic E-state index is 13.2. The number of benzene rings is 1. The van der Waals surface area contributed by atoms with Gasteiger partial charge >= 0.3 is 18.1 Å². The maximum absolute atomic E-state index is 13.2. The highest BCUT2D eigenvalue weighted by Crippen LogP contribution is 2.18. The predicted octanol–water partition coefficient (Wildman–Crippen LogP) is 0.784. The summed E-state index contributed by atoms with van der Waals surface area (Å²) in [6, 6.07) is 3.78. The number of imide groups is 1. The van der Waals surface area contributed by atoms with Crippen LogP contribution in [0.25, 0.3) is 0 Å². The first-order valence-corrected chi connectivity index (χ1v) is 15.0. The summed E-state index contributed by atoms with van der Waals surface area (Å²) in [5.74, 6) is -2.79. The van der Waals surface area contributed by atoms with Gasteiger partial charge in [-0.25, -0.2) is 9.59 Å². The number of nitrogens with zero attached hydrogens (tertiary/aromatic N) is 1. The number of hydrogen-bond donors (Lipinski definition) is 5. The molecule has 16 heteroatoms. The van der Waals surface area contributed by atoms with Gasteiger partial charge in [0.15, 0.2) is 0 Å². The van der Waals surface area contributed by atoms with E-state index in [1.54, 1.807) is 45.0 Å². The van der Waals surface area contributed by atoms with Crippen molar-refractivity contribution in [2.75, 3.05) is 38.2 Å². The standard InChI is InChI=1S/C30H44N6O10/c1-18(2)25(35-30(43)45-15-14-44-13-12-36-24(38)16-19(3)28(36)41)27(40)34-23(6-5-11-32-29(31)42)26(39)33-22-9-7-21(8-10-22)17-46-20(4)37/h7-10,18-19,23,25H,5-6,11-17H2,1-4H3,(H,33,39)(H,34,40)(H,35,43)(H3,31,32,42)/t19?,23-,25-/m0/s1. The van der Waals surface area contributed by atoms with Gasteiger partial charge in [-0.15, -0.1) is 0 Å². The molecule has 1 heterocycles. The third kappa shape index (κ3) is 13.1. The van der Waals surface area contributed by atoms with E-state index in [0.717, 1.165) is 4.90 Å². The zero-order valence-corrected chi connectivity index (χ0v) is 26.6. The molecule has 1 aromatic rings. The molecule has 1 aliphatic rings. The van der Waals surface area contributed by atoms with Gasteiger partial charge in [0.1, 0.15) is 25.3 Å². The maximum Gasteiger partial charge on any atom is 0.407 e. The van der Waals surface area contributed by atoms with Crippen LogP contribution in [-0.2, 0) is 44.8 Å². The molecule has 1 fully saturated rings. The van der Waals surface area contributed by atoms with Crippen molar-refractivity contribution in [1.82, 2.24) is 20.9 Å². The van der Waals surface area contributed by atoms with Gasteiger partial charge in [0.25, 0.3) is 0 Å². The Kier molecular flexibility index (Phi) is 15.4. The van der Waals surface area contributed by atoms with E-state index in [-0.39, 0.29) is 76.0 Å². The number of rotatable bonds is 18. The van der Waals surface area contributed by atoms with Crippen LogP contribution in [0.15, 0.2) is 24.3 Å². The van der Waals surface area contributed by atoms with Crippen LogP contribution in [0, 0.1) is 11.8 Å². The molecule has 1 unspecified atom stereocenters. The van der Waals surface area contributed by atoms with E-state index in [1.807, 2.05) is 0 Å². The van der Waals surface area contributed by atoms with E-state index in [9.17, 15) is 33.6 Å². The number of anilines is 1. The minimum Gasteiger partial charge on any atom is -0.461 e. The fraction of sp³-hybridized carbons (Fsp3) is 0.567. The lowest BCUT2D eigenvalue weighted by Crippen LogP contribution is -2.54. The number of alkyl carbamates (subject to hydrolysis) is 1. The molecule has 0 radical (unpaired) electrons. The molecule has 0 bridgehead atoms. The lowest BCUT2D eigenvalue weighted by atomic mass is 10.0. The first-order chi connectivity index (χ1) is 21.8. The monoisotopic (exact) mass is 648 g/mol. The molecule has 0 saturated carbocycles. The topological polar surface area (TPSA) is 225 Å². The van der Waals surface area contributed by atoms with Crippen molar-refractivity contribution >= 4 is 47.4 Å². The third-order valence-corrected chi connectivity index (χ3v) is 6.88. The molecular formula is C30H44N6O10. The van der Waals surface area contributed by atoms with E-state index in [2.05, 4.69) is 21.3 Å². The predicted molar refractivity (Wildman–Crippen MR) is 164 cm³/mol. The van der Waals surface area contributed by atoms with Gasteiger partial charge in [0.05, 0.1) is 19.8 Å². The zero-order chi connectivity index (χ0) is 34.2. The summed E-state index contributed by atoms with van der Waals surface area (Å²) in [5, 5.41) is 10.3. The Morgan fingerprint density at radius 1 is 0.978 bits per heavy atom. The van der Waals surface area contributed by atoms with Crippen LogP contribution in [0.4, 0.5) is 15.3 Å². The number of esters is 1. The number of ether oxygens (including phenoxy) is 3. The van der Waals surface area contributed by atoms with Crippen LogP contribution in [0.2, 0.25) is 0 Å². The average Bonchev–Trinajstić information content (AvgIpc) is 3.23. The van der Waals surface area contributed by atoms with Crippen LogP contribution >= 0.6 is 0 Å². The quantitative estimate of drug-likeness (QED) is 0.0854. The summed E-state index contributed by atoms with van der Waals surface area (Å²) in [6.07, 6.45) is -0.248. The van der Waals surface area contributed by atoms with Crippen molar-refractivity contribution in [3.63, 3.8) is 0 Å². The highest BCUT2D eigenvalue weighted by Gasteiger charge is 2.35. The summed E-state index contributed by atoms with van der Waals surface area (Å²) in [4.78, 5) is 85.9. The Balaban J connectivity index is 1.90. The van der Waals surface area contributed by atoms with Crippen LogP contribution < -0.4 is 27.0 Å². The van der Waals surface area contributed by atoms with E-state index >= 15 is 0 Å². The number of hydrogen-bond acceptors (Lipinski definition) is 10.